The smallest absolute Gasteiger partial charge is 0.256 e. The minimum Gasteiger partial charge on any atom is -0.492 e. The monoisotopic (exact) mass is 422 g/mol. The average molecular weight is 423 g/mol. The number of benzene rings is 2. The topological polar surface area (TPSA) is 49.9 Å². The Morgan fingerprint density at radius 2 is 1.69 bits per heavy atom. The third kappa shape index (κ3) is 5.44. The van der Waals surface area contributed by atoms with E-state index in [0.717, 1.165) is 12.1 Å². The molecule has 2 aromatic carbocycles. The Morgan fingerprint density at radius 3 is 2.38 bits per heavy atom. The fourth-order valence-corrected chi connectivity index (χ4v) is 3.31. The van der Waals surface area contributed by atoms with Gasteiger partial charge in [-0.25, -0.2) is 8.78 Å². The summed E-state index contributed by atoms with van der Waals surface area (Å²) < 4.78 is 32.4. The molecule has 0 radical (unpaired) electrons. The number of halogens is 3. The van der Waals surface area contributed by atoms with Crippen molar-refractivity contribution >= 4 is 23.4 Å². The molecule has 0 unspecified atom stereocenters. The summed E-state index contributed by atoms with van der Waals surface area (Å²) in [7, 11) is 0. The lowest BCUT2D eigenvalue weighted by Gasteiger charge is -2.35. The van der Waals surface area contributed by atoms with Crippen LogP contribution < -0.4 is 4.74 Å². The lowest BCUT2D eigenvalue weighted by molar-refractivity contribution is -0.132. The summed E-state index contributed by atoms with van der Waals surface area (Å²) in [6, 6.07) is 10.0. The fourth-order valence-electron chi connectivity index (χ4n) is 3.12. The standard InChI is InChI=1S/C21H21ClF2N2O3/c22-17-4-1-2-5-19(17)29-13-3-6-20(27)25-9-11-26(12-10-25)21(28)16-8-7-15(23)14-18(16)24/h1-2,4-5,7-8,14H,3,6,9-13H2. The second-order valence-corrected chi connectivity index (χ2v) is 7.09. The minimum absolute atomic E-state index is 0.0205. The average Bonchev–Trinajstić information content (AvgIpc) is 2.72. The summed E-state index contributed by atoms with van der Waals surface area (Å²) in [5.41, 5.74) is -0.164. The van der Waals surface area contributed by atoms with Crippen molar-refractivity contribution in [3.05, 3.63) is 64.7 Å². The lowest BCUT2D eigenvalue weighted by Crippen LogP contribution is -2.50. The maximum Gasteiger partial charge on any atom is 0.256 e. The predicted molar refractivity (Wildman–Crippen MR) is 105 cm³/mol. The number of carbonyl (C=O) groups is 2. The van der Waals surface area contributed by atoms with Crippen molar-refractivity contribution in [1.29, 1.82) is 0 Å². The first-order valence-electron chi connectivity index (χ1n) is 9.35. The number of rotatable bonds is 6. The normalized spacial score (nSPS) is 14.0. The van der Waals surface area contributed by atoms with Gasteiger partial charge in [-0.15, -0.1) is 0 Å². The molecule has 2 aromatic rings. The molecule has 0 bridgehead atoms. The molecular formula is C21H21ClF2N2O3. The van der Waals surface area contributed by atoms with Gasteiger partial charge < -0.3 is 14.5 Å². The van der Waals surface area contributed by atoms with Crippen LogP contribution in [0.2, 0.25) is 5.02 Å². The van der Waals surface area contributed by atoms with Crippen LogP contribution >= 0.6 is 11.6 Å². The van der Waals surface area contributed by atoms with Gasteiger partial charge in [-0.05, 0) is 30.7 Å². The Hall–Kier alpha value is -2.67. The molecule has 0 atom stereocenters. The number of nitrogens with zero attached hydrogens (tertiary/aromatic N) is 2. The molecule has 29 heavy (non-hydrogen) atoms. The van der Waals surface area contributed by atoms with Crippen molar-refractivity contribution in [1.82, 2.24) is 9.80 Å². The van der Waals surface area contributed by atoms with Crippen LogP contribution in [-0.2, 0) is 4.79 Å². The van der Waals surface area contributed by atoms with Crippen molar-refractivity contribution in [3.63, 3.8) is 0 Å². The quantitative estimate of drug-likeness (QED) is 0.666. The molecule has 3 rings (SSSR count). The van der Waals surface area contributed by atoms with Crippen LogP contribution in [0.3, 0.4) is 0 Å². The van der Waals surface area contributed by atoms with E-state index in [0.29, 0.717) is 62.5 Å². The molecule has 0 saturated carbocycles. The van der Waals surface area contributed by atoms with E-state index in [2.05, 4.69) is 0 Å². The van der Waals surface area contributed by atoms with E-state index < -0.39 is 17.5 Å². The molecular weight excluding hydrogens is 402 g/mol. The molecule has 1 saturated heterocycles. The first-order valence-corrected chi connectivity index (χ1v) is 9.73. The fraction of sp³-hybridized carbons (Fsp3) is 0.333. The summed E-state index contributed by atoms with van der Waals surface area (Å²) in [5.74, 6) is -1.54. The first kappa shape index (κ1) is 21.0. The van der Waals surface area contributed by atoms with E-state index in [4.69, 9.17) is 16.3 Å². The Morgan fingerprint density at radius 1 is 1.00 bits per heavy atom. The van der Waals surface area contributed by atoms with Crippen LogP contribution in [0, 0.1) is 11.6 Å². The van der Waals surface area contributed by atoms with E-state index in [1.165, 1.54) is 4.90 Å². The molecule has 0 aromatic heterocycles. The minimum atomic E-state index is -0.882. The Bertz CT molecular complexity index is 886. The second kappa shape index (κ2) is 9.69. The second-order valence-electron chi connectivity index (χ2n) is 6.68. The molecule has 1 fully saturated rings. The van der Waals surface area contributed by atoms with Gasteiger partial charge in [0.1, 0.15) is 17.4 Å². The molecule has 1 heterocycles. The number of hydrogen-bond donors (Lipinski definition) is 0. The van der Waals surface area contributed by atoms with Crippen LogP contribution in [0.15, 0.2) is 42.5 Å². The highest BCUT2D eigenvalue weighted by Crippen LogP contribution is 2.23. The zero-order valence-electron chi connectivity index (χ0n) is 15.7. The molecule has 5 nitrogen and oxygen atoms in total. The number of ether oxygens (including phenoxy) is 1. The van der Waals surface area contributed by atoms with Gasteiger partial charge in [0.15, 0.2) is 0 Å². The Balaban J connectivity index is 1.42. The maximum absolute atomic E-state index is 13.8. The van der Waals surface area contributed by atoms with Gasteiger partial charge >= 0.3 is 0 Å². The first-order chi connectivity index (χ1) is 14.0. The van der Waals surface area contributed by atoms with Crippen molar-refractivity contribution in [2.75, 3.05) is 32.8 Å². The van der Waals surface area contributed by atoms with Crippen molar-refractivity contribution in [2.45, 2.75) is 12.8 Å². The summed E-state index contributed by atoms with van der Waals surface area (Å²) in [6.07, 6.45) is 0.870. The zero-order chi connectivity index (χ0) is 20.8. The van der Waals surface area contributed by atoms with Crippen LogP contribution in [-0.4, -0.2) is 54.4 Å². The highest BCUT2D eigenvalue weighted by atomic mass is 35.5. The molecule has 154 valence electrons. The van der Waals surface area contributed by atoms with Crippen LogP contribution in [0.5, 0.6) is 5.75 Å². The summed E-state index contributed by atoms with van der Waals surface area (Å²) in [5, 5.41) is 0.525. The summed E-state index contributed by atoms with van der Waals surface area (Å²) >= 11 is 6.01. The SMILES string of the molecule is O=C(CCCOc1ccccc1Cl)N1CCN(C(=O)c2ccc(F)cc2F)CC1. The van der Waals surface area contributed by atoms with E-state index in [-0.39, 0.29) is 11.5 Å². The largest absolute Gasteiger partial charge is 0.492 e. The van der Waals surface area contributed by atoms with Crippen molar-refractivity contribution < 1.29 is 23.1 Å². The van der Waals surface area contributed by atoms with Crippen LogP contribution in [0.1, 0.15) is 23.2 Å². The summed E-state index contributed by atoms with van der Waals surface area (Å²) in [4.78, 5) is 27.9. The van der Waals surface area contributed by atoms with E-state index in [1.807, 2.05) is 12.1 Å². The predicted octanol–water partition coefficient (Wildman–Crippen LogP) is 3.76. The molecule has 2 amide bonds. The van der Waals surface area contributed by atoms with E-state index >= 15 is 0 Å². The highest BCUT2D eigenvalue weighted by molar-refractivity contribution is 6.32. The van der Waals surface area contributed by atoms with Crippen LogP contribution in [0.4, 0.5) is 8.78 Å². The molecule has 8 heteroatoms. The van der Waals surface area contributed by atoms with Crippen molar-refractivity contribution in [2.24, 2.45) is 0 Å². The lowest BCUT2D eigenvalue weighted by atomic mass is 10.1. The number of carbonyl (C=O) groups excluding carboxylic acids is 2. The summed E-state index contributed by atoms with van der Waals surface area (Å²) in [6.45, 7) is 1.73. The van der Waals surface area contributed by atoms with Gasteiger partial charge in [0.05, 0.1) is 17.2 Å². The van der Waals surface area contributed by atoms with E-state index in [1.54, 1.807) is 17.0 Å². The van der Waals surface area contributed by atoms with Gasteiger partial charge in [0, 0.05) is 38.7 Å². The number of piperazine rings is 1. The molecule has 1 aliphatic heterocycles. The molecule has 0 N–H and O–H groups in total. The van der Waals surface area contributed by atoms with Gasteiger partial charge in [-0.1, -0.05) is 23.7 Å². The third-order valence-corrected chi connectivity index (χ3v) is 5.02. The van der Waals surface area contributed by atoms with E-state index in [9.17, 15) is 18.4 Å². The third-order valence-electron chi connectivity index (χ3n) is 4.71. The maximum atomic E-state index is 13.8. The zero-order valence-corrected chi connectivity index (χ0v) is 16.5. The van der Waals surface area contributed by atoms with Gasteiger partial charge in [0.25, 0.3) is 5.91 Å². The van der Waals surface area contributed by atoms with Gasteiger partial charge in [0.2, 0.25) is 5.91 Å². The number of hydrogen-bond acceptors (Lipinski definition) is 3. The Labute approximate surface area is 172 Å². The van der Waals surface area contributed by atoms with Crippen LogP contribution in [0.25, 0.3) is 0 Å². The van der Waals surface area contributed by atoms with Gasteiger partial charge in [-0.3, -0.25) is 9.59 Å². The van der Waals surface area contributed by atoms with Crippen molar-refractivity contribution in [3.8, 4) is 5.75 Å². The number of para-hydroxylation sites is 1. The molecule has 1 aliphatic rings. The Kier molecular flexibility index (Phi) is 7.04. The molecule has 0 aliphatic carbocycles. The molecule has 0 spiro atoms. The number of amides is 2. The highest BCUT2D eigenvalue weighted by Gasteiger charge is 2.26. The van der Waals surface area contributed by atoms with Gasteiger partial charge in [-0.2, -0.15) is 0 Å².